The normalized spacial score (nSPS) is 14.5. The fourth-order valence-corrected chi connectivity index (χ4v) is 6.45. The fourth-order valence-electron chi connectivity index (χ4n) is 4.77. The minimum Gasteiger partial charge on any atom is -0.493 e. The maximum atomic E-state index is 14.1. The van der Waals surface area contributed by atoms with Gasteiger partial charge in [0.15, 0.2) is 16.3 Å². The number of esters is 1. The van der Waals surface area contributed by atoms with Crippen LogP contribution in [-0.4, -0.2) is 37.1 Å². The summed E-state index contributed by atoms with van der Waals surface area (Å²) in [6.07, 6.45) is 9.04. The number of methoxy groups -OCH3 is 1. The van der Waals surface area contributed by atoms with E-state index in [0.717, 1.165) is 16.0 Å². The van der Waals surface area contributed by atoms with Crippen molar-refractivity contribution in [3.8, 4) is 23.8 Å². The monoisotopic (exact) mass is 630 g/mol. The van der Waals surface area contributed by atoms with E-state index in [1.165, 1.54) is 18.4 Å². The molecule has 0 spiro atoms. The lowest BCUT2D eigenvalue weighted by atomic mass is 9.93. The van der Waals surface area contributed by atoms with Crippen LogP contribution in [0.4, 0.5) is 0 Å². The molecule has 0 saturated heterocycles. The van der Waals surface area contributed by atoms with Gasteiger partial charge >= 0.3 is 5.97 Å². The Hall–Kier alpha value is -4.23. The number of hydrogen-bond donors (Lipinski definition) is 0. The molecule has 4 aromatic rings. The predicted molar refractivity (Wildman–Crippen MR) is 172 cm³/mol. The van der Waals surface area contributed by atoms with Gasteiger partial charge in [-0.15, -0.1) is 18.2 Å². The number of rotatable bonds is 9. The third-order valence-electron chi connectivity index (χ3n) is 6.65. The topological polar surface area (TPSA) is 79.1 Å². The van der Waals surface area contributed by atoms with Gasteiger partial charge in [-0.25, -0.2) is 9.79 Å². The molecule has 218 valence electrons. The average Bonchev–Trinajstić information content (AvgIpc) is 3.34. The van der Waals surface area contributed by atoms with Crippen molar-refractivity contribution in [2.75, 3.05) is 26.6 Å². The summed E-state index contributed by atoms with van der Waals surface area (Å²) in [7, 11) is 1.50. The number of ether oxygens (including phenoxy) is 3. The molecule has 3 aromatic carbocycles. The van der Waals surface area contributed by atoms with Gasteiger partial charge in [0.05, 0.1) is 40.6 Å². The van der Waals surface area contributed by atoms with Crippen LogP contribution in [0.25, 0.3) is 11.8 Å². The zero-order chi connectivity index (χ0) is 30.5. The van der Waals surface area contributed by atoms with E-state index in [0.29, 0.717) is 37.7 Å². The molecule has 7 nitrogen and oxygen atoms in total. The Morgan fingerprint density at radius 1 is 1.19 bits per heavy atom. The van der Waals surface area contributed by atoms with Gasteiger partial charge in [-0.05, 0) is 54.6 Å². The predicted octanol–water partition coefficient (Wildman–Crippen LogP) is 5.33. The highest BCUT2D eigenvalue weighted by atomic mass is 35.5. The van der Waals surface area contributed by atoms with Crippen LogP contribution in [-0.2, 0) is 9.53 Å². The molecule has 0 unspecified atom stereocenters. The van der Waals surface area contributed by atoms with Crippen LogP contribution in [0.1, 0.15) is 29.7 Å². The highest BCUT2D eigenvalue weighted by molar-refractivity contribution is 7.98. The minimum atomic E-state index is -0.763. The van der Waals surface area contributed by atoms with Crippen LogP contribution in [0, 0.1) is 12.3 Å². The summed E-state index contributed by atoms with van der Waals surface area (Å²) in [4.78, 5) is 34.1. The number of carbonyl (C=O) groups is 1. The Morgan fingerprint density at radius 2 is 1.93 bits per heavy atom. The van der Waals surface area contributed by atoms with Gasteiger partial charge in [0.1, 0.15) is 6.61 Å². The molecule has 0 radical (unpaired) electrons. The summed E-state index contributed by atoms with van der Waals surface area (Å²) >= 11 is 9.33. The van der Waals surface area contributed by atoms with E-state index in [4.69, 9.17) is 37.2 Å². The summed E-state index contributed by atoms with van der Waals surface area (Å²) < 4.78 is 18.5. The van der Waals surface area contributed by atoms with E-state index in [1.807, 2.05) is 60.9 Å². The molecule has 0 bridgehead atoms. The standard InChI is InChI=1S/C33H27ClN2O5S2/c1-5-16-41-30-24(34)17-20(18-25(30)39-3)19-26-31(37)36-29(22-12-14-23(42-4)15-13-22)27(32(38)40-6-2)28(35-33(36)43-26)21-10-8-7-9-11-21/h1,7-15,17-19,29H,6,16H2,2-4H3/b26-19-/t29-/m1/s1. The number of carbonyl (C=O) groups excluding carboxylic acids is 1. The molecule has 43 heavy (non-hydrogen) atoms. The first-order valence-corrected chi connectivity index (χ1v) is 15.7. The maximum absolute atomic E-state index is 14.1. The van der Waals surface area contributed by atoms with E-state index in [2.05, 4.69) is 5.92 Å². The van der Waals surface area contributed by atoms with E-state index in [1.54, 1.807) is 41.5 Å². The number of hydrogen-bond acceptors (Lipinski definition) is 8. The second-order valence-corrected chi connectivity index (χ2v) is 11.5. The second kappa shape index (κ2) is 13.4. The van der Waals surface area contributed by atoms with Crippen LogP contribution >= 0.6 is 34.7 Å². The first-order chi connectivity index (χ1) is 20.9. The maximum Gasteiger partial charge on any atom is 0.338 e. The fraction of sp³-hybridized carbons (Fsp3) is 0.182. The van der Waals surface area contributed by atoms with Gasteiger partial charge in [-0.2, -0.15) is 0 Å². The van der Waals surface area contributed by atoms with Crippen LogP contribution in [0.3, 0.4) is 0 Å². The summed E-state index contributed by atoms with van der Waals surface area (Å²) in [5, 5.41) is 0.288. The number of thioether (sulfide) groups is 1. The van der Waals surface area contributed by atoms with Crippen LogP contribution in [0.15, 0.2) is 87.0 Å². The zero-order valence-corrected chi connectivity index (χ0v) is 26.0. The molecule has 10 heteroatoms. The smallest absolute Gasteiger partial charge is 0.338 e. The van der Waals surface area contributed by atoms with Crippen molar-refractivity contribution in [2.45, 2.75) is 17.9 Å². The molecule has 5 rings (SSSR count). The van der Waals surface area contributed by atoms with E-state index in [-0.39, 0.29) is 23.8 Å². The number of halogens is 1. The SMILES string of the molecule is C#CCOc1c(Cl)cc(/C=c2\sc3n(c2=O)[C@H](c2ccc(SC)cc2)C(C(=O)OCC)=C(c2ccccc2)N=3)cc1OC. The number of nitrogens with zero attached hydrogens (tertiary/aromatic N) is 2. The Balaban J connectivity index is 1.77. The molecular formula is C33H27ClN2O5S2. The Bertz CT molecular complexity index is 1920. The van der Waals surface area contributed by atoms with Gasteiger partial charge < -0.3 is 14.2 Å². The molecular weight excluding hydrogens is 604 g/mol. The van der Waals surface area contributed by atoms with Crippen LogP contribution in [0.2, 0.25) is 5.02 Å². The molecule has 0 fully saturated rings. The Morgan fingerprint density at radius 3 is 2.58 bits per heavy atom. The van der Waals surface area contributed by atoms with Gasteiger partial charge in [0.2, 0.25) is 0 Å². The van der Waals surface area contributed by atoms with E-state index < -0.39 is 12.0 Å². The largest absolute Gasteiger partial charge is 0.493 e. The van der Waals surface area contributed by atoms with Crippen LogP contribution in [0.5, 0.6) is 11.5 Å². The molecule has 0 amide bonds. The third-order valence-corrected chi connectivity index (χ3v) is 8.66. The van der Waals surface area contributed by atoms with Gasteiger partial charge in [0.25, 0.3) is 5.56 Å². The summed E-state index contributed by atoms with van der Waals surface area (Å²) in [6, 6.07) is 19.9. The highest BCUT2D eigenvalue weighted by Gasteiger charge is 2.35. The quantitative estimate of drug-likeness (QED) is 0.141. The van der Waals surface area contributed by atoms with E-state index in [9.17, 15) is 9.59 Å². The molecule has 1 atom stereocenters. The lowest BCUT2D eigenvalue weighted by Gasteiger charge is -2.26. The third kappa shape index (κ3) is 6.13. The van der Waals surface area contributed by atoms with Crippen molar-refractivity contribution in [1.82, 2.24) is 4.57 Å². The van der Waals surface area contributed by atoms with E-state index >= 15 is 0 Å². The van der Waals surface area contributed by atoms with Crippen molar-refractivity contribution in [1.29, 1.82) is 0 Å². The molecule has 1 aliphatic rings. The van der Waals surface area contributed by atoms with Crippen molar-refractivity contribution in [3.63, 3.8) is 0 Å². The number of thiazole rings is 1. The molecule has 0 N–H and O–H groups in total. The lowest BCUT2D eigenvalue weighted by molar-refractivity contribution is -0.138. The molecule has 2 heterocycles. The highest BCUT2D eigenvalue weighted by Crippen LogP contribution is 2.37. The number of terminal acetylenes is 1. The summed E-state index contributed by atoms with van der Waals surface area (Å²) in [6.45, 7) is 1.95. The van der Waals surface area contributed by atoms with Crippen molar-refractivity contribution in [2.24, 2.45) is 4.99 Å². The number of fused-ring (bicyclic) bond motifs is 1. The van der Waals surface area contributed by atoms with Gasteiger partial charge in [-0.3, -0.25) is 9.36 Å². The minimum absolute atomic E-state index is 0.0263. The summed E-state index contributed by atoms with van der Waals surface area (Å²) in [5.74, 6) is 2.58. The van der Waals surface area contributed by atoms with Crippen molar-refractivity contribution >= 4 is 52.4 Å². The van der Waals surface area contributed by atoms with Crippen molar-refractivity contribution < 1.29 is 19.0 Å². The average molecular weight is 631 g/mol. The molecule has 0 aliphatic carbocycles. The van der Waals surface area contributed by atoms with Crippen LogP contribution < -0.4 is 24.4 Å². The first kappa shape index (κ1) is 30.2. The van der Waals surface area contributed by atoms with Crippen molar-refractivity contribution in [3.05, 3.63) is 114 Å². The number of aromatic nitrogens is 1. The number of benzene rings is 3. The molecule has 1 aromatic heterocycles. The molecule has 0 saturated carbocycles. The summed E-state index contributed by atoms with van der Waals surface area (Å²) in [5.41, 5.74) is 2.58. The lowest BCUT2D eigenvalue weighted by Crippen LogP contribution is -2.40. The van der Waals surface area contributed by atoms with Gasteiger partial charge in [-0.1, -0.05) is 71.3 Å². The molecule has 1 aliphatic heterocycles. The first-order valence-electron chi connectivity index (χ1n) is 13.3. The van der Waals surface area contributed by atoms with Gasteiger partial charge in [0, 0.05) is 10.5 Å². The second-order valence-electron chi connectivity index (χ2n) is 9.23. The Kier molecular flexibility index (Phi) is 9.41. The zero-order valence-electron chi connectivity index (χ0n) is 23.6. The Labute approximate surface area is 262 Å².